The highest BCUT2D eigenvalue weighted by Gasteiger charge is 2.33. The van der Waals surface area contributed by atoms with E-state index in [4.69, 9.17) is 11.6 Å². The van der Waals surface area contributed by atoms with Crippen LogP contribution in [0.25, 0.3) is 22.0 Å². The Balaban J connectivity index is 1.27. The first-order valence-corrected chi connectivity index (χ1v) is 13.7. The first-order chi connectivity index (χ1) is 18.6. The van der Waals surface area contributed by atoms with Crippen LogP contribution >= 0.6 is 11.6 Å². The van der Waals surface area contributed by atoms with Crippen molar-refractivity contribution in [1.29, 1.82) is 0 Å². The van der Waals surface area contributed by atoms with Crippen molar-refractivity contribution in [2.24, 2.45) is 5.92 Å². The number of nitrogens with one attached hydrogen (secondary N) is 1. The third kappa shape index (κ3) is 4.76. The number of piperazine rings is 1. The summed E-state index contributed by atoms with van der Waals surface area (Å²) < 4.78 is 0. The molecule has 0 unspecified atom stereocenters. The zero-order valence-electron chi connectivity index (χ0n) is 21.3. The summed E-state index contributed by atoms with van der Waals surface area (Å²) in [6.45, 7) is 4.36. The minimum Gasteiger partial charge on any atom is -0.368 e. The fourth-order valence-electron chi connectivity index (χ4n) is 5.92. The number of hydrogen-bond acceptors (Lipinski definition) is 4. The summed E-state index contributed by atoms with van der Waals surface area (Å²) in [6.07, 6.45) is 1.70. The highest BCUT2D eigenvalue weighted by Crippen LogP contribution is 2.37. The molecule has 0 aliphatic carbocycles. The molecule has 0 spiro atoms. The second-order valence-electron chi connectivity index (χ2n) is 10.2. The van der Waals surface area contributed by atoms with E-state index in [2.05, 4.69) is 39.0 Å². The van der Waals surface area contributed by atoms with E-state index in [0.29, 0.717) is 30.3 Å². The van der Waals surface area contributed by atoms with Crippen molar-refractivity contribution in [2.75, 3.05) is 49.1 Å². The van der Waals surface area contributed by atoms with Gasteiger partial charge in [-0.15, -0.1) is 0 Å². The number of fused-ring (bicyclic) bond motifs is 1. The lowest BCUT2D eigenvalue weighted by Gasteiger charge is -2.40. The van der Waals surface area contributed by atoms with Crippen molar-refractivity contribution in [3.63, 3.8) is 0 Å². The Bertz CT molecular complexity index is 1500. The van der Waals surface area contributed by atoms with E-state index in [1.54, 1.807) is 6.07 Å². The molecule has 6 nitrogen and oxygen atoms in total. The van der Waals surface area contributed by atoms with Gasteiger partial charge in [-0.2, -0.15) is 0 Å². The number of benzene rings is 3. The van der Waals surface area contributed by atoms with Gasteiger partial charge in [0.1, 0.15) is 5.69 Å². The van der Waals surface area contributed by atoms with E-state index in [9.17, 15) is 9.59 Å². The number of anilines is 2. The first kappa shape index (κ1) is 24.6. The quantitative estimate of drug-likeness (QED) is 0.386. The maximum Gasteiger partial charge on any atom is 0.272 e. The number of hydrogen-bond donors (Lipinski definition) is 1. The number of halogens is 1. The molecule has 0 bridgehead atoms. The van der Waals surface area contributed by atoms with Crippen LogP contribution in [0, 0.1) is 5.92 Å². The van der Waals surface area contributed by atoms with E-state index in [-0.39, 0.29) is 17.4 Å². The SMILES string of the molecule is O=C([C@@H]1CCCN(c2c(-c3ccccc3)c3cc(Cl)ccc3[nH]c2=O)C1)N1CCN(c2ccccc2)CC1. The molecule has 1 atom stereocenters. The number of carbonyl (C=O) groups excluding carboxylic acids is 1. The number of piperidine rings is 1. The fraction of sp³-hybridized carbons (Fsp3) is 0.290. The maximum atomic E-state index is 13.6. The lowest BCUT2D eigenvalue weighted by molar-refractivity contribution is -0.136. The molecule has 4 aromatic rings. The topological polar surface area (TPSA) is 59.7 Å². The minimum atomic E-state index is -0.136. The summed E-state index contributed by atoms with van der Waals surface area (Å²) in [4.78, 5) is 36.7. The molecule has 1 aromatic heterocycles. The van der Waals surface area contributed by atoms with Gasteiger partial charge in [0.15, 0.2) is 0 Å². The number of aromatic nitrogens is 1. The van der Waals surface area contributed by atoms with Crippen LogP contribution in [-0.4, -0.2) is 55.1 Å². The fourth-order valence-corrected chi connectivity index (χ4v) is 6.09. The number of para-hydroxylation sites is 1. The molecule has 0 saturated carbocycles. The zero-order chi connectivity index (χ0) is 26.1. The van der Waals surface area contributed by atoms with Gasteiger partial charge in [-0.05, 0) is 48.7 Å². The van der Waals surface area contributed by atoms with Gasteiger partial charge in [-0.1, -0.05) is 60.1 Å². The maximum absolute atomic E-state index is 13.6. The summed E-state index contributed by atoms with van der Waals surface area (Å²) in [5.41, 5.74) is 4.28. The first-order valence-electron chi connectivity index (χ1n) is 13.3. The van der Waals surface area contributed by atoms with Crippen molar-refractivity contribution >= 4 is 39.8 Å². The Kier molecular flexibility index (Phi) is 6.81. The predicted octanol–water partition coefficient (Wildman–Crippen LogP) is 5.41. The van der Waals surface area contributed by atoms with Gasteiger partial charge >= 0.3 is 0 Å². The van der Waals surface area contributed by atoms with Crippen LogP contribution in [-0.2, 0) is 4.79 Å². The van der Waals surface area contributed by atoms with Gasteiger partial charge in [-0.3, -0.25) is 9.59 Å². The van der Waals surface area contributed by atoms with E-state index in [1.165, 1.54) is 5.69 Å². The lowest BCUT2D eigenvalue weighted by Crippen LogP contribution is -2.53. The molecular weight excluding hydrogens is 496 g/mol. The molecule has 2 saturated heterocycles. The highest BCUT2D eigenvalue weighted by molar-refractivity contribution is 6.31. The number of H-pyrrole nitrogens is 1. The average Bonchev–Trinajstić information content (AvgIpc) is 2.97. The van der Waals surface area contributed by atoms with E-state index in [1.807, 2.05) is 53.4 Å². The smallest absolute Gasteiger partial charge is 0.272 e. The molecule has 1 N–H and O–H groups in total. The summed E-state index contributed by atoms with van der Waals surface area (Å²) >= 11 is 6.40. The number of rotatable bonds is 4. The van der Waals surface area contributed by atoms with Crippen molar-refractivity contribution in [2.45, 2.75) is 12.8 Å². The lowest BCUT2D eigenvalue weighted by atomic mass is 9.93. The minimum absolute atomic E-state index is 0.134. The van der Waals surface area contributed by atoms with Gasteiger partial charge in [0.2, 0.25) is 5.91 Å². The van der Waals surface area contributed by atoms with E-state index in [0.717, 1.165) is 54.5 Å². The Morgan fingerprint density at radius 2 is 1.55 bits per heavy atom. The summed E-state index contributed by atoms with van der Waals surface area (Å²) in [7, 11) is 0. The molecular formula is C31H31ClN4O2. The van der Waals surface area contributed by atoms with Crippen molar-refractivity contribution in [3.05, 3.63) is 94.2 Å². The number of aromatic amines is 1. The largest absolute Gasteiger partial charge is 0.368 e. The molecule has 3 heterocycles. The summed E-state index contributed by atoms with van der Waals surface area (Å²) in [5, 5.41) is 1.53. The highest BCUT2D eigenvalue weighted by atomic mass is 35.5. The molecule has 2 aliphatic heterocycles. The molecule has 194 valence electrons. The summed E-state index contributed by atoms with van der Waals surface area (Å²) in [6, 6.07) is 25.9. The van der Waals surface area contributed by atoms with Crippen molar-refractivity contribution in [3.8, 4) is 11.1 Å². The molecule has 2 aliphatic rings. The van der Waals surface area contributed by atoms with Gasteiger partial charge in [0.25, 0.3) is 5.56 Å². The number of amides is 1. The average molecular weight is 527 g/mol. The second kappa shape index (κ2) is 10.5. The molecule has 2 fully saturated rings. The Labute approximate surface area is 227 Å². The van der Waals surface area contributed by atoms with Gasteiger partial charge in [0.05, 0.1) is 5.92 Å². The van der Waals surface area contributed by atoms with E-state index >= 15 is 0 Å². The Morgan fingerprint density at radius 1 is 0.842 bits per heavy atom. The second-order valence-corrected chi connectivity index (χ2v) is 10.6. The molecule has 1 amide bonds. The molecule has 0 radical (unpaired) electrons. The molecule has 38 heavy (non-hydrogen) atoms. The molecule has 3 aromatic carbocycles. The van der Waals surface area contributed by atoms with Crippen LogP contribution in [0.1, 0.15) is 12.8 Å². The Hall–Kier alpha value is -3.77. The van der Waals surface area contributed by atoms with Gasteiger partial charge in [-0.25, -0.2) is 0 Å². The summed E-state index contributed by atoms with van der Waals surface area (Å²) in [5.74, 6) is 0.0639. The number of carbonyl (C=O) groups is 1. The number of nitrogens with zero attached hydrogens (tertiary/aromatic N) is 3. The third-order valence-corrected chi connectivity index (χ3v) is 8.05. The van der Waals surface area contributed by atoms with Crippen LogP contribution in [0.2, 0.25) is 5.02 Å². The van der Waals surface area contributed by atoms with Crippen LogP contribution < -0.4 is 15.4 Å². The van der Waals surface area contributed by atoms with Crippen molar-refractivity contribution < 1.29 is 4.79 Å². The molecule has 6 rings (SSSR count). The van der Waals surface area contributed by atoms with Crippen LogP contribution in [0.15, 0.2) is 83.7 Å². The van der Waals surface area contributed by atoms with Crippen LogP contribution in [0.5, 0.6) is 0 Å². The zero-order valence-corrected chi connectivity index (χ0v) is 22.0. The van der Waals surface area contributed by atoms with E-state index < -0.39 is 0 Å². The van der Waals surface area contributed by atoms with Crippen LogP contribution in [0.4, 0.5) is 11.4 Å². The van der Waals surface area contributed by atoms with Crippen molar-refractivity contribution in [1.82, 2.24) is 9.88 Å². The third-order valence-electron chi connectivity index (χ3n) is 7.81. The molecule has 7 heteroatoms. The standard InChI is InChI=1S/C31H31ClN4O2/c32-24-13-14-27-26(20-24)28(22-8-3-1-4-9-22)29(30(37)33-27)36-15-7-10-23(21-36)31(38)35-18-16-34(17-19-35)25-11-5-2-6-12-25/h1-6,8-9,11-14,20,23H,7,10,15-19,21H2,(H,33,37)/t23-/m1/s1. The Morgan fingerprint density at radius 3 is 2.29 bits per heavy atom. The van der Waals surface area contributed by atoms with Crippen LogP contribution in [0.3, 0.4) is 0 Å². The normalized spacial score (nSPS) is 18.1. The van der Waals surface area contributed by atoms with Gasteiger partial charge in [0, 0.05) is 66.4 Å². The predicted molar refractivity (Wildman–Crippen MR) is 155 cm³/mol. The monoisotopic (exact) mass is 526 g/mol. The number of pyridine rings is 1. The van der Waals surface area contributed by atoms with Gasteiger partial charge < -0.3 is 19.7 Å².